The van der Waals surface area contributed by atoms with Gasteiger partial charge in [0.05, 0.1) is 6.61 Å². The number of unbranched alkanes of at least 4 members (excludes halogenated alkanes) is 7. The Morgan fingerprint density at radius 3 is 2.25 bits per heavy atom. The molecular formula is C16H29N3O. The highest BCUT2D eigenvalue weighted by Gasteiger charge is 2.04. The maximum Gasteiger partial charge on any atom is 0.233 e. The van der Waals surface area contributed by atoms with Crippen molar-refractivity contribution in [2.75, 3.05) is 12.3 Å². The second kappa shape index (κ2) is 10.5. The number of nitrogen functional groups attached to an aromatic ring is 1. The Bertz CT molecular complexity index is 369. The average molecular weight is 279 g/mol. The van der Waals surface area contributed by atoms with Gasteiger partial charge in [0.1, 0.15) is 5.82 Å². The van der Waals surface area contributed by atoms with E-state index in [0.29, 0.717) is 18.3 Å². The van der Waals surface area contributed by atoms with Gasteiger partial charge in [-0.25, -0.2) is 0 Å². The Kier molecular flexibility index (Phi) is 8.76. The zero-order valence-corrected chi connectivity index (χ0v) is 13.0. The van der Waals surface area contributed by atoms with Crippen molar-refractivity contribution < 1.29 is 4.74 Å². The molecule has 0 radical (unpaired) electrons. The summed E-state index contributed by atoms with van der Waals surface area (Å²) in [5.41, 5.74) is 6.92. The predicted octanol–water partition coefficient (Wildman–Crippen LogP) is 4.14. The largest absolute Gasteiger partial charge is 0.477 e. The lowest BCUT2D eigenvalue weighted by Gasteiger charge is -2.07. The molecule has 1 rings (SSSR count). The Morgan fingerprint density at radius 1 is 0.950 bits per heavy atom. The molecule has 0 saturated heterocycles. The van der Waals surface area contributed by atoms with Crippen molar-refractivity contribution in [3.05, 3.63) is 11.6 Å². The van der Waals surface area contributed by atoms with Crippen LogP contribution in [0.25, 0.3) is 0 Å². The number of hydrogen-bond acceptors (Lipinski definition) is 4. The summed E-state index contributed by atoms with van der Waals surface area (Å²) in [5, 5.41) is 7.87. The Morgan fingerprint density at radius 2 is 1.60 bits per heavy atom. The van der Waals surface area contributed by atoms with Crippen molar-refractivity contribution >= 4 is 5.82 Å². The van der Waals surface area contributed by atoms with Crippen LogP contribution in [0, 0.1) is 0 Å². The van der Waals surface area contributed by atoms with Gasteiger partial charge in [0, 0.05) is 11.6 Å². The van der Waals surface area contributed by atoms with E-state index in [1.807, 2.05) is 13.0 Å². The molecule has 114 valence electrons. The summed E-state index contributed by atoms with van der Waals surface area (Å²) in [6, 6.07) is 1.92. The lowest BCUT2D eigenvalue weighted by Crippen LogP contribution is -2.03. The summed E-state index contributed by atoms with van der Waals surface area (Å²) in [4.78, 5) is 0. The third-order valence-corrected chi connectivity index (χ3v) is 3.47. The molecule has 4 heteroatoms. The van der Waals surface area contributed by atoms with Crippen molar-refractivity contribution in [1.29, 1.82) is 0 Å². The number of aryl methyl sites for hydroxylation is 1. The Hall–Kier alpha value is -1.32. The molecule has 20 heavy (non-hydrogen) atoms. The molecule has 0 spiro atoms. The predicted molar refractivity (Wildman–Crippen MR) is 83.9 cm³/mol. The van der Waals surface area contributed by atoms with Crippen LogP contribution < -0.4 is 10.5 Å². The minimum atomic E-state index is 0.538. The fourth-order valence-corrected chi connectivity index (χ4v) is 2.29. The van der Waals surface area contributed by atoms with Gasteiger partial charge in [-0.2, -0.15) is 0 Å². The van der Waals surface area contributed by atoms with Gasteiger partial charge in [-0.15, -0.1) is 10.2 Å². The molecule has 0 bridgehead atoms. The standard InChI is InChI=1S/C16H29N3O/c1-3-5-6-7-8-9-10-11-12-14-13-15(20-4-2)18-19-16(14)17/h13H,3-12H2,1-2H3,(H2,17,19). The van der Waals surface area contributed by atoms with E-state index in [1.165, 1.54) is 44.9 Å². The number of ether oxygens (including phenoxy) is 1. The molecule has 1 heterocycles. The number of nitrogens with two attached hydrogens (primary N) is 1. The van der Waals surface area contributed by atoms with Gasteiger partial charge in [-0.1, -0.05) is 51.9 Å². The fourth-order valence-electron chi connectivity index (χ4n) is 2.29. The summed E-state index contributed by atoms with van der Waals surface area (Å²) in [6.07, 6.45) is 11.5. The molecule has 2 N–H and O–H groups in total. The van der Waals surface area contributed by atoms with Crippen LogP contribution in [-0.2, 0) is 6.42 Å². The fraction of sp³-hybridized carbons (Fsp3) is 0.750. The molecule has 0 atom stereocenters. The van der Waals surface area contributed by atoms with Crippen molar-refractivity contribution in [3.8, 4) is 5.88 Å². The average Bonchev–Trinajstić information content (AvgIpc) is 2.45. The number of nitrogens with zero attached hydrogens (tertiary/aromatic N) is 2. The number of hydrogen-bond donors (Lipinski definition) is 1. The van der Waals surface area contributed by atoms with Gasteiger partial charge in [0.15, 0.2) is 0 Å². The van der Waals surface area contributed by atoms with E-state index in [9.17, 15) is 0 Å². The Balaban J connectivity index is 2.19. The van der Waals surface area contributed by atoms with Gasteiger partial charge in [0.2, 0.25) is 5.88 Å². The summed E-state index contributed by atoms with van der Waals surface area (Å²) >= 11 is 0. The van der Waals surface area contributed by atoms with E-state index in [4.69, 9.17) is 10.5 Å². The number of aromatic nitrogens is 2. The number of anilines is 1. The SMILES string of the molecule is CCCCCCCCCCc1cc(OCC)nnc1N. The van der Waals surface area contributed by atoms with E-state index in [-0.39, 0.29) is 0 Å². The van der Waals surface area contributed by atoms with Crippen molar-refractivity contribution in [2.24, 2.45) is 0 Å². The van der Waals surface area contributed by atoms with E-state index in [2.05, 4.69) is 17.1 Å². The molecule has 0 aliphatic rings. The molecular weight excluding hydrogens is 250 g/mol. The van der Waals surface area contributed by atoms with Gasteiger partial charge >= 0.3 is 0 Å². The first-order chi connectivity index (χ1) is 9.77. The molecule has 0 aliphatic heterocycles. The van der Waals surface area contributed by atoms with Crippen LogP contribution in [0.5, 0.6) is 5.88 Å². The molecule has 0 fully saturated rings. The summed E-state index contributed by atoms with van der Waals surface area (Å²) < 4.78 is 5.35. The molecule has 0 aliphatic carbocycles. The normalized spacial score (nSPS) is 10.7. The highest BCUT2D eigenvalue weighted by Crippen LogP contribution is 2.17. The minimum Gasteiger partial charge on any atom is -0.477 e. The molecule has 0 amide bonds. The molecule has 1 aromatic rings. The molecule has 0 unspecified atom stereocenters. The van der Waals surface area contributed by atoms with Crippen LogP contribution in [-0.4, -0.2) is 16.8 Å². The highest BCUT2D eigenvalue weighted by molar-refractivity contribution is 5.39. The topological polar surface area (TPSA) is 61.0 Å². The first-order valence-electron chi connectivity index (χ1n) is 8.02. The monoisotopic (exact) mass is 279 g/mol. The molecule has 0 saturated carbocycles. The minimum absolute atomic E-state index is 0.538. The summed E-state index contributed by atoms with van der Waals surface area (Å²) in [6.45, 7) is 4.80. The zero-order chi connectivity index (χ0) is 14.6. The maximum absolute atomic E-state index is 5.85. The first kappa shape index (κ1) is 16.7. The van der Waals surface area contributed by atoms with Crippen molar-refractivity contribution in [3.63, 3.8) is 0 Å². The summed E-state index contributed by atoms with van der Waals surface area (Å²) in [7, 11) is 0. The molecule has 4 nitrogen and oxygen atoms in total. The van der Waals surface area contributed by atoms with Gasteiger partial charge in [0.25, 0.3) is 0 Å². The first-order valence-corrected chi connectivity index (χ1v) is 8.02. The second-order valence-electron chi connectivity index (χ2n) is 5.25. The van der Waals surface area contributed by atoms with Crippen LogP contribution >= 0.6 is 0 Å². The summed E-state index contributed by atoms with van der Waals surface area (Å²) in [5.74, 6) is 1.12. The molecule has 1 aromatic heterocycles. The lowest BCUT2D eigenvalue weighted by atomic mass is 10.0. The lowest BCUT2D eigenvalue weighted by molar-refractivity contribution is 0.322. The van der Waals surface area contributed by atoms with Gasteiger partial charge in [-0.3, -0.25) is 0 Å². The molecule has 0 aromatic carbocycles. The third-order valence-electron chi connectivity index (χ3n) is 3.47. The van der Waals surface area contributed by atoms with E-state index in [1.54, 1.807) is 0 Å². The number of rotatable bonds is 11. The smallest absolute Gasteiger partial charge is 0.233 e. The third kappa shape index (κ3) is 6.73. The van der Waals surface area contributed by atoms with E-state index >= 15 is 0 Å². The van der Waals surface area contributed by atoms with Crippen LogP contribution in [0.1, 0.15) is 70.8 Å². The quantitative estimate of drug-likeness (QED) is 0.618. The Labute approximate surface area is 123 Å². The van der Waals surface area contributed by atoms with E-state index < -0.39 is 0 Å². The van der Waals surface area contributed by atoms with Gasteiger partial charge < -0.3 is 10.5 Å². The van der Waals surface area contributed by atoms with Crippen LogP contribution in [0.3, 0.4) is 0 Å². The zero-order valence-electron chi connectivity index (χ0n) is 13.0. The maximum atomic E-state index is 5.85. The van der Waals surface area contributed by atoms with E-state index in [0.717, 1.165) is 18.4 Å². The van der Waals surface area contributed by atoms with Crippen LogP contribution in [0.4, 0.5) is 5.82 Å². The van der Waals surface area contributed by atoms with Crippen molar-refractivity contribution in [1.82, 2.24) is 10.2 Å². The van der Waals surface area contributed by atoms with Crippen LogP contribution in [0.2, 0.25) is 0 Å². The highest BCUT2D eigenvalue weighted by atomic mass is 16.5. The van der Waals surface area contributed by atoms with Crippen molar-refractivity contribution in [2.45, 2.75) is 71.6 Å². The second-order valence-corrected chi connectivity index (χ2v) is 5.25. The van der Waals surface area contributed by atoms with Crippen LogP contribution in [0.15, 0.2) is 6.07 Å². The van der Waals surface area contributed by atoms with Gasteiger partial charge in [-0.05, 0) is 19.8 Å².